The summed E-state index contributed by atoms with van der Waals surface area (Å²) in [6.45, 7) is 5.00. The quantitative estimate of drug-likeness (QED) is 0.602. The van der Waals surface area contributed by atoms with Crippen LogP contribution in [0.4, 0.5) is 0 Å². The Morgan fingerprint density at radius 3 is 2.33 bits per heavy atom. The van der Waals surface area contributed by atoms with Crippen LogP contribution in [0.3, 0.4) is 0 Å². The highest BCUT2D eigenvalue weighted by atomic mass is 32.2. The average molecular weight is 272 g/mol. The van der Waals surface area contributed by atoms with E-state index in [2.05, 4.69) is 4.74 Å². The van der Waals surface area contributed by atoms with Gasteiger partial charge in [0.2, 0.25) is 0 Å². The van der Waals surface area contributed by atoms with Crippen molar-refractivity contribution in [2.45, 2.75) is 31.8 Å². The molecule has 1 rings (SSSR count). The molecule has 0 amide bonds. The zero-order valence-corrected chi connectivity index (χ0v) is 11.4. The van der Waals surface area contributed by atoms with E-state index in [0.29, 0.717) is 0 Å². The molecule has 0 saturated heterocycles. The third kappa shape index (κ3) is 3.82. The maximum absolute atomic E-state index is 11.8. The van der Waals surface area contributed by atoms with E-state index in [1.807, 2.05) is 6.92 Å². The van der Waals surface area contributed by atoms with Gasteiger partial charge in [0.15, 0.2) is 6.10 Å². The Bertz CT molecular complexity index is 504. The number of carbonyl (C=O) groups excluding carboxylic acids is 1. The smallest absolute Gasteiger partial charge is 0.336 e. The van der Waals surface area contributed by atoms with Crippen LogP contribution in [-0.4, -0.2) is 27.1 Å². The molecule has 0 heterocycles. The van der Waals surface area contributed by atoms with Gasteiger partial charge in [-0.25, -0.2) is 4.79 Å². The molecular weight excluding hydrogens is 256 g/mol. The molecule has 0 aromatic heterocycles. The summed E-state index contributed by atoms with van der Waals surface area (Å²) in [4.78, 5) is 11.3. The largest absolute Gasteiger partial charge is 0.464 e. The van der Waals surface area contributed by atoms with Gasteiger partial charge in [0, 0.05) is 0 Å². The highest BCUT2D eigenvalue weighted by Gasteiger charge is 2.24. The van der Waals surface area contributed by atoms with Gasteiger partial charge in [-0.1, -0.05) is 17.7 Å². The summed E-state index contributed by atoms with van der Waals surface area (Å²) < 4.78 is 33.1. The SMILES string of the molecule is CCOC(=O)[C@H](C)OS(=O)(=O)c1ccc(C)cc1. The molecule has 100 valence electrons. The minimum atomic E-state index is -3.94. The van der Waals surface area contributed by atoms with E-state index in [1.165, 1.54) is 19.1 Å². The van der Waals surface area contributed by atoms with Crippen molar-refractivity contribution in [3.8, 4) is 0 Å². The second kappa shape index (κ2) is 5.97. The van der Waals surface area contributed by atoms with Gasteiger partial charge in [-0.2, -0.15) is 8.42 Å². The van der Waals surface area contributed by atoms with Gasteiger partial charge in [-0.15, -0.1) is 0 Å². The van der Waals surface area contributed by atoms with Crippen LogP contribution >= 0.6 is 0 Å². The van der Waals surface area contributed by atoms with E-state index in [9.17, 15) is 13.2 Å². The molecule has 0 N–H and O–H groups in total. The van der Waals surface area contributed by atoms with E-state index in [1.54, 1.807) is 19.1 Å². The van der Waals surface area contributed by atoms with Crippen molar-refractivity contribution in [3.63, 3.8) is 0 Å². The van der Waals surface area contributed by atoms with Gasteiger partial charge in [0.25, 0.3) is 10.1 Å². The fourth-order valence-electron chi connectivity index (χ4n) is 1.25. The molecule has 18 heavy (non-hydrogen) atoms. The van der Waals surface area contributed by atoms with Crippen LogP contribution in [0.15, 0.2) is 29.2 Å². The van der Waals surface area contributed by atoms with Gasteiger partial charge in [-0.3, -0.25) is 4.18 Å². The van der Waals surface area contributed by atoms with Crippen LogP contribution < -0.4 is 0 Å². The first-order valence-electron chi connectivity index (χ1n) is 5.53. The predicted octanol–water partition coefficient (Wildman–Crippen LogP) is 1.65. The number of esters is 1. The van der Waals surface area contributed by atoms with Crippen LogP contribution in [0.5, 0.6) is 0 Å². The monoisotopic (exact) mass is 272 g/mol. The molecule has 0 unspecified atom stereocenters. The maximum Gasteiger partial charge on any atom is 0.336 e. The third-order valence-corrected chi connectivity index (χ3v) is 3.59. The minimum absolute atomic E-state index is 0.0178. The summed E-state index contributed by atoms with van der Waals surface area (Å²) in [6, 6.07) is 6.18. The fourth-order valence-corrected chi connectivity index (χ4v) is 2.29. The topological polar surface area (TPSA) is 69.7 Å². The number of aryl methyl sites for hydroxylation is 1. The molecule has 0 saturated carbocycles. The standard InChI is InChI=1S/C12H16O5S/c1-4-16-12(13)10(3)17-18(14,15)11-7-5-9(2)6-8-11/h5-8,10H,4H2,1-3H3/t10-/m0/s1. The van der Waals surface area contributed by atoms with E-state index in [0.717, 1.165) is 5.56 Å². The second-order valence-electron chi connectivity index (χ2n) is 3.76. The molecular formula is C12H16O5S. The predicted molar refractivity (Wildman–Crippen MR) is 65.5 cm³/mol. The summed E-state index contributed by atoms with van der Waals surface area (Å²) >= 11 is 0. The van der Waals surface area contributed by atoms with Gasteiger partial charge in [0.05, 0.1) is 11.5 Å². The van der Waals surface area contributed by atoms with Crippen LogP contribution in [0.1, 0.15) is 19.4 Å². The van der Waals surface area contributed by atoms with Crippen molar-refractivity contribution in [1.82, 2.24) is 0 Å². The van der Waals surface area contributed by atoms with Gasteiger partial charge >= 0.3 is 5.97 Å². The summed E-state index contributed by atoms with van der Waals surface area (Å²) in [7, 11) is -3.94. The Balaban J connectivity index is 2.82. The van der Waals surface area contributed by atoms with Crippen molar-refractivity contribution in [1.29, 1.82) is 0 Å². The molecule has 5 nitrogen and oxygen atoms in total. The van der Waals surface area contributed by atoms with Gasteiger partial charge in [-0.05, 0) is 32.9 Å². The maximum atomic E-state index is 11.8. The van der Waals surface area contributed by atoms with Crippen LogP contribution in [0, 0.1) is 6.92 Å². The highest BCUT2D eigenvalue weighted by Crippen LogP contribution is 2.15. The molecule has 0 fully saturated rings. The summed E-state index contributed by atoms with van der Waals surface area (Å²) in [6.07, 6.45) is -1.16. The zero-order valence-electron chi connectivity index (χ0n) is 10.5. The normalized spacial score (nSPS) is 13.1. The van der Waals surface area contributed by atoms with E-state index >= 15 is 0 Å². The number of benzene rings is 1. The first-order valence-corrected chi connectivity index (χ1v) is 6.94. The molecule has 1 aromatic rings. The zero-order chi connectivity index (χ0) is 13.8. The Morgan fingerprint density at radius 2 is 1.83 bits per heavy atom. The molecule has 0 aliphatic carbocycles. The van der Waals surface area contributed by atoms with E-state index in [-0.39, 0.29) is 11.5 Å². The number of hydrogen-bond donors (Lipinski definition) is 0. The first kappa shape index (κ1) is 14.7. The minimum Gasteiger partial charge on any atom is -0.464 e. The number of carbonyl (C=O) groups is 1. The summed E-state index contributed by atoms with van der Waals surface area (Å²) in [5.74, 6) is -0.701. The summed E-state index contributed by atoms with van der Waals surface area (Å²) in [5.41, 5.74) is 0.937. The molecule has 1 atom stereocenters. The lowest BCUT2D eigenvalue weighted by molar-refractivity contribution is -0.150. The van der Waals surface area contributed by atoms with Crippen molar-refractivity contribution in [2.75, 3.05) is 6.61 Å². The van der Waals surface area contributed by atoms with E-state index < -0.39 is 22.2 Å². The number of rotatable bonds is 5. The number of ether oxygens (including phenoxy) is 1. The van der Waals surface area contributed by atoms with E-state index in [4.69, 9.17) is 4.18 Å². The molecule has 0 aliphatic rings. The lowest BCUT2D eigenvalue weighted by atomic mass is 10.2. The van der Waals surface area contributed by atoms with Crippen LogP contribution in [0.2, 0.25) is 0 Å². The third-order valence-electron chi connectivity index (χ3n) is 2.20. The van der Waals surface area contributed by atoms with Crippen molar-refractivity contribution >= 4 is 16.1 Å². The Kier molecular flexibility index (Phi) is 4.86. The van der Waals surface area contributed by atoms with Crippen molar-refractivity contribution < 1.29 is 22.1 Å². The van der Waals surface area contributed by atoms with Gasteiger partial charge < -0.3 is 4.74 Å². The van der Waals surface area contributed by atoms with Crippen molar-refractivity contribution in [2.24, 2.45) is 0 Å². The lowest BCUT2D eigenvalue weighted by Crippen LogP contribution is -2.26. The fraction of sp³-hybridized carbons (Fsp3) is 0.417. The average Bonchev–Trinajstić information content (AvgIpc) is 2.29. The Hall–Kier alpha value is -1.40. The number of hydrogen-bond acceptors (Lipinski definition) is 5. The van der Waals surface area contributed by atoms with Gasteiger partial charge in [0.1, 0.15) is 0 Å². The lowest BCUT2D eigenvalue weighted by Gasteiger charge is -2.11. The van der Waals surface area contributed by atoms with Crippen LogP contribution in [-0.2, 0) is 23.8 Å². The van der Waals surface area contributed by atoms with Crippen molar-refractivity contribution in [3.05, 3.63) is 29.8 Å². The molecule has 0 radical (unpaired) electrons. The molecule has 0 bridgehead atoms. The Labute approximate surface area is 107 Å². The second-order valence-corrected chi connectivity index (χ2v) is 5.33. The molecule has 0 aliphatic heterocycles. The van der Waals surface area contributed by atoms with Crippen LogP contribution in [0.25, 0.3) is 0 Å². The molecule has 1 aromatic carbocycles. The first-order chi connectivity index (χ1) is 8.36. The molecule has 6 heteroatoms. The summed E-state index contributed by atoms with van der Waals surface area (Å²) in [5, 5.41) is 0. The Morgan fingerprint density at radius 1 is 1.28 bits per heavy atom. The highest BCUT2D eigenvalue weighted by molar-refractivity contribution is 7.86. The molecule has 0 spiro atoms.